The van der Waals surface area contributed by atoms with Crippen LogP contribution in [0.1, 0.15) is 125 Å². The quantitative estimate of drug-likeness (QED) is 0.113. The van der Waals surface area contributed by atoms with Gasteiger partial charge in [0.1, 0.15) is 24.7 Å². The Hall–Kier alpha value is 0.491. The Labute approximate surface area is 257 Å². The van der Waals surface area contributed by atoms with Crippen molar-refractivity contribution in [3.8, 4) is 0 Å². The lowest BCUT2D eigenvalue weighted by atomic mass is 10.4. The predicted octanol–water partition coefficient (Wildman–Crippen LogP) is 9.58. The largest absolute Gasteiger partial charge is 0.335 e. The molecule has 0 aromatic carbocycles. The molecule has 0 bridgehead atoms. The van der Waals surface area contributed by atoms with Gasteiger partial charge in [0, 0.05) is 39.3 Å². The van der Waals surface area contributed by atoms with Gasteiger partial charge >= 0.3 is 0 Å². The Morgan fingerprint density at radius 3 is 0.600 bits per heavy atom. The smallest absolute Gasteiger partial charge is 0.133 e. The zero-order chi connectivity index (χ0) is 31.6. The summed E-state index contributed by atoms with van der Waals surface area (Å²) in [4.78, 5) is 15.5. The van der Waals surface area contributed by atoms with Crippen molar-refractivity contribution in [2.75, 3.05) is 39.3 Å². The van der Waals surface area contributed by atoms with E-state index >= 15 is 0 Å². The fourth-order valence-corrected chi connectivity index (χ4v) is 26.8. The summed E-state index contributed by atoms with van der Waals surface area (Å²) in [6.07, 6.45) is 0. The number of hydrogen-bond donors (Lipinski definition) is 3. The fraction of sp³-hybridized carbons (Fsp3) is 1.00. The minimum atomic E-state index is -1.60. The second kappa shape index (κ2) is 17.7. The van der Waals surface area contributed by atoms with E-state index in [0.717, 1.165) is 89.1 Å². The maximum Gasteiger partial charge on any atom is 0.133 e. The van der Waals surface area contributed by atoms with Crippen LogP contribution in [-0.4, -0.2) is 68.9 Å². The molecule has 0 fully saturated rings. The summed E-state index contributed by atoms with van der Waals surface area (Å²) in [6.45, 7) is 51.1. The van der Waals surface area contributed by atoms with Gasteiger partial charge in [-0.05, 0) is 49.9 Å². The molecular formula is C33H78N4Si3. The van der Waals surface area contributed by atoms with Crippen molar-refractivity contribution in [2.24, 2.45) is 0 Å². The van der Waals surface area contributed by atoms with Crippen LogP contribution in [0.25, 0.3) is 0 Å². The molecule has 0 aromatic heterocycles. The summed E-state index contributed by atoms with van der Waals surface area (Å²) in [7, 11) is -4.80. The molecule has 0 saturated heterocycles. The van der Waals surface area contributed by atoms with Crippen molar-refractivity contribution in [1.82, 2.24) is 19.8 Å². The van der Waals surface area contributed by atoms with Crippen LogP contribution >= 0.6 is 0 Å². The van der Waals surface area contributed by atoms with Crippen LogP contribution in [0.15, 0.2) is 0 Å². The highest BCUT2D eigenvalue weighted by molar-refractivity contribution is 6.82. The normalized spacial score (nSPS) is 14.4. The third-order valence-electron chi connectivity index (χ3n) is 11.2. The zero-order valence-electron chi connectivity index (χ0n) is 30.9. The van der Waals surface area contributed by atoms with Gasteiger partial charge in [0.05, 0.1) is 0 Å². The Bertz CT molecular complexity index is 519. The van der Waals surface area contributed by atoms with Gasteiger partial charge in [-0.15, -0.1) is 0 Å². The van der Waals surface area contributed by atoms with Crippen LogP contribution in [0, 0.1) is 0 Å². The highest BCUT2D eigenvalue weighted by Gasteiger charge is 2.44. The van der Waals surface area contributed by atoms with Crippen LogP contribution in [0.3, 0.4) is 0 Å². The van der Waals surface area contributed by atoms with E-state index in [9.17, 15) is 0 Å². The van der Waals surface area contributed by atoms with E-state index in [1.54, 1.807) is 0 Å². The van der Waals surface area contributed by atoms with E-state index in [4.69, 9.17) is 0 Å². The molecule has 0 saturated carbocycles. The molecule has 7 heteroatoms. The van der Waals surface area contributed by atoms with Crippen molar-refractivity contribution in [1.29, 1.82) is 0 Å². The number of rotatable bonds is 21. The molecule has 242 valence electrons. The lowest BCUT2D eigenvalue weighted by molar-refractivity contribution is 0.284. The number of nitrogens with one attached hydrogen (secondary N) is 3. The van der Waals surface area contributed by atoms with E-state index < -0.39 is 24.7 Å². The standard InChI is InChI=1S/C33H78N4Si3/c1-25(2)38(26(3)4,27(5)6)34-19-22-37(23-20-35-39(28(7)8,29(9)10)30(11)12)24-21-36-40(31(13)14,32(15)16)33(17)18/h25-36H,19-24H2,1-18H3. The van der Waals surface area contributed by atoms with Gasteiger partial charge in [0.25, 0.3) is 0 Å². The van der Waals surface area contributed by atoms with Crippen molar-refractivity contribution >= 4 is 24.7 Å². The average molecular weight is 615 g/mol. The third kappa shape index (κ3) is 9.49. The lowest BCUT2D eigenvalue weighted by Gasteiger charge is -2.45. The second-order valence-corrected chi connectivity index (χ2v) is 32.9. The molecule has 0 aromatic rings. The lowest BCUT2D eigenvalue weighted by Crippen LogP contribution is -2.61. The summed E-state index contributed by atoms with van der Waals surface area (Å²) >= 11 is 0. The Morgan fingerprint density at radius 1 is 0.325 bits per heavy atom. The first-order valence-corrected chi connectivity index (χ1v) is 23.9. The van der Waals surface area contributed by atoms with E-state index in [1.165, 1.54) is 0 Å². The predicted molar refractivity (Wildman–Crippen MR) is 194 cm³/mol. The molecule has 4 nitrogen and oxygen atoms in total. The molecule has 0 aliphatic heterocycles. The summed E-state index contributed by atoms with van der Waals surface area (Å²) in [5, 5.41) is 0. The van der Waals surface area contributed by atoms with Gasteiger partial charge in [-0.25, -0.2) is 0 Å². The number of hydrogen-bond acceptors (Lipinski definition) is 4. The fourth-order valence-electron chi connectivity index (χ4n) is 9.46. The topological polar surface area (TPSA) is 39.3 Å². The van der Waals surface area contributed by atoms with Crippen LogP contribution in [0.4, 0.5) is 0 Å². The van der Waals surface area contributed by atoms with Gasteiger partial charge in [-0.1, -0.05) is 125 Å². The molecule has 0 unspecified atom stereocenters. The molecule has 0 rings (SSSR count). The second-order valence-electron chi connectivity index (χ2n) is 15.8. The Balaban J connectivity index is 5.83. The average Bonchev–Trinajstić information content (AvgIpc) is 2.79. The van der Waals surface area contributed by atoms with Crippen LogP contribution in [-0.2, 0) is 0 Å². The van der Waals surface area contributed by atoms with Crippen molar-refractivity contribution in [2.45, 2.75) is 174 Å². The zero-order valence-corrected chi connectivity index (χ0v) is 33.9. The first kappa shape index (κ1) is 40.5. The SMILES string of the molecule is CC(C)[Si](NCCN(CCN[Si](C(C)C)(C(C)C)C(C)C)CCN[Si](C(C)C)(C(C)C)C(C)C)(C(C)C)C(C)C. The highest BCUT2D eigenvalue weighted by Crippen LogP contribution is 2.41. The van der Waals surface area contributed by atoms with E-state index in [1.807, 2.05) is 0 Å². The van der Waals surface area contributed by atoms with Crippen molar-refractivity contribution in [3.63, 3.8) is 0 Å². The summed E-state index contributed by atoms with van der Waals surface area (Å²) < 4.78 is 0. The van der Waals surface area contributed by atoms with Crippen LogP contribution in [0.2, 0.25) is 49.9 Å². The molecular weight excluding hydrogens is 537 g/mol. The molecule has 0 aliphatic carbocycles. The summed E-state index contributed by atoms with van der Waals surface area (Å²) in [6, 6.07) is 0. The monoisotopic (exact) mass is 615 g/mol. The minimum absolute atomic E-state index is 0.744. The highest BCUT2D eigenvalue weighted by atomic mass is 28.3. The first-order chi connectivity index (χ1) is 18.3. The van der Waals surface area contributed by atoms with Crippen LogP contribution in [0.5, 0.6) is 0 Å². The minimum Gasteiger partial charge on any atom is -0.335 e. The maximum absolute atomic E-state index is 4.26. The van der Waals surface area contributed by atoms with Gasteiger partial charge in [-0.3, -0.25) is 4.90 Å². The summed E-state index contributed by atoms with van der Waals surface area (Å²) in [5.74, 6) is 0. The first-order valence-electron chi connectivity index (χ1n) is 17.2. The molecule has 0 amide bonds. The van der Waals surface area contributed by atoms with E-state index in [-0.39, 0.29) is 0 Å². The molecule has 0 atom stereocenters. The van der Waals surface area contributed by atoms with E-state index in [2.05, 4.69) is 144 Å². The van der Waals surface area contributed by atoms with E-state index in [0.29, 0.717) is 0 Å². The third-order valence-corrected chi connectivity index (χ3v) is 31.0. The molecule has 0 radical (unpaired) electrons. The van der Waals surface area contributed by atoms with Gasteiger partial charge in [0.15, 0.2) is 0 Å². The molecule has 0 aliphatic rings. The molecule has 3 N–H and O–H groups in total. The molecule has 0 heterocycles. The van der Waals surface area contributed by atoms with Crippen LogP contribution < -0.4 is 14.9 Å². The summed E-state index contributed by atoms with van der Waals surface area (Å²) in [5.41, 5.74) is 6.70. The van der Waals surface area contributed by atoms with Gasteiger partial charge < -0.3 is 14.9 Å². The maximum atomic E-state index is 4.26. The Kier molecular flexibility index (Phi) is 17.9. The number of nitrogens with zero attached hydrogens (tertiary/aromatic N) is 1. The molecule has 40 heavy (non-hydrogen) atoms. The van der Waals surface area contributed by atoms with Crippen molar-refractivity contribution < 1.29 is 0 Å². The van der Waals surface area contributed by atoms with Gasteiger partial charge in [0.2, 0.25) is 0 Å². The van der Waals surface area contributed by atoms with Crippen molar-refractivity contribution in [3.05, 3.63) is 0 Å². The van der Waals surface area contributed by atoms with Gasteiger partial charge in [-0.2, -0.15) is 0 Å². The Morgan fingerprint density at radius 2 is 0.475 bits per heavy atom. The molecule has 0 spiro atoms.